The lowest BCUT2D eigenvalue weighted by atomic mass is 9.91. The molecule has 3 N–H and O–H groups in total. The predicted octanol–water partition coefficient (Wildman–Crippen LogP) is 3.16. The largest absolute Gasteiger partial charge is 0.329 e. The molecule has 0 spiro atoms. The fourth-order valence-electron chi connectivity index (χ4n) is 3.05. The van der Waals surface area contributed by atoms with Crippen LogP contribution in [0, 0.1) is 12.3 Å². The summed E-state index contributed by atoms with van der Waals surface area (Å²) in [6.45, 7) is 7.52. The van der Waals surface area contributed by atoms with Gasteiger partial charge in [0.05, 0.1) is 0 Å². The minimum Gasteiger partial charge on any atom is -0.329 e. The number of nitrogens with two attached hydrogens (primary N) is 1. The molecule has 1 fully saturated rings. The van der Waals surface area contributed by atoms with E-state index in [0.717, 1.165) is 0 Å². The molecule has 0 saturated heterocycles. The second-order valence-corrected chi connectivity index (χ2v) is 6.47. The highest BCUT2D eigenvalue weighted by molar-refractivity contribution is 5.25. The first-order valence-electron chi connectivity index (χ1n) is 7.03. The third-order valence-electron chi connectivity index (χ3n) is 4.09. The third kappa shape index (κ3) is 3.33. The Labute approximate surface area is 111 Å². The summed E-state index contributed by atoms with van der Waals surface area (Å²) in [5.74, 6) is 0. The van der Waals surface area contributed by atoms with Gasteiger partial charge in [-0.25, -0.2) is 0 Å². The fraction of sp³-hybridized carbons (Fsp3) is 0.625. The van der Waals surface area contributed by atoms with E-state index in [1.54, 1.807) is 0 Å². The second kappa shape index (κ2) is 5.41. The van der Waals surface area contributed by atoms with Crippen molar-refractivity contribution in [2.24, 2.45) is 11.1 Å². The number of nitrogens with one attached hydrogen (secondary N) is 1. The lowest BCUT2D eigenvalue weighted by Gasteiger charge is -2.24. The Morgan fingerprint density at radius 3 is 2.78 bits per heavy atom. The van der Waals surface area contributed by atoms with Crippen molar-refractivity contribution in [1.29, 1.82) is 0 Å². The van der Waals surface area contributed by atoms with Crippen molar-refractivity contribution in [3.8, 4) is 0 Å². The summed E-state index contributed by atoms with van der Waals surface area (Å²) < 4.78 is 0. The molecule has 0 aromatic heterocycles. The van der Waals surface area contributed by atoms with Crippen molar-refractivity contribution in [3.63, 3.8) is 0 Å². The molecule has 1 aromatic rings. The van der Waals surface area contributed by atoms with Gasteiger partial charge in [0.1, 0.15) is 0 Å². The molecule has 0 bridgehead atoms. The Hall–Kier alpha value is -0.860. The highest BCUT2D eigenvalue weighted by Crippen LogP contribution is 2.37. The molecule has 0 heterocycles. The minimum atomic E-state index is 0.295. The molecule has 1 aromatic carbocycles. The number of benzene rings is 1. The van der Waals surface area contributed by atoms with Crippen LogP contribution < -0.4 is 11.1 Å². The van der Waals surface area contributed by atoms with Crippen molar-refractivity contribution < 1.29 is 0 Å². The summed E-state index contributed by atoms with van der Waals surface area (Å²) in [5.41, 5.74) is 9.05. The second-order valence-electron chi connectivity index (χ2n) is 6.47. The maximum absolute atomic E-state index is 5.94. The average Bonchev–Trinajstić information content (AvgIpc) is 2.65. The van der Waals surface area contributed by atoms with Crippen LogP contribution in [0.2, 0.25) is 0 Å². The molecule has 1 aliphatic carbocycles. The summed E-state index contributed by atoms with van der Waals surface area (Å²) in [7, 11) is 0. The molecule has 2 unspecified atom stereocenters. The van der Waals surface area contributed by atoms with Gasteiger partial charge in [-0.15, -0.1) is 0 Å². The summed E-state index contributed by atoms with van der Waals surface area (Å²) in [4.78, 5) is 0. The van der Waals surface area contributed by atoms with Gasteiger partial charge in [0.25, 0.3) is 0 Å². The molecule has 0 radical (unpaired) electrons. The molecular weight excluding hydrogens is 220 g/mol. The fourth-order valence-corrected chi connectivity index (χ4v) is 3.05. The van der Waals surface area contributed by atoms with E-state index >= 15 is 0 Å². The van der Waals surface area contributed by atoms with Crippen LogP contribution in [0.15, 0.2) is 24.3 Å². The van der Waals surface area contributed by atoms with Gasteiger partial charge in [0.2, 0.25) is 0 Å². The quantitative estimate of drug-likeness (QED) is 0.856. The van der Waals surface area contributed by atoms with E-state index in [1.807, 2.05) is 0 Å². The van der Waals surface area contributed by atoms with Gasteiger partial charge in [-0.1, -0.05) is 43.7 Å². The van der Waals surface area contributed by atoms with Crippen molar-refractivity contribution in [2.75, 3.05) is 6.54 Å². The van der Waals surface area contributed by atoms with E-state index in [0.29, 0.717) is 24.0 Å². The van der Waals surface area contributed by atoms with Crippen LogP contribution in [0.25, 0.3) is 0 Å². The van der Waals surface area contributed by atoms with Crippen LogP contribution in [0.3, 0.4) is 0 Å². The maximum Gasteiger partial charge on any atom is 0.0446 e. The molecule has 0 aliphatic heterocycles. The zero-order valence-electron chi connectivity index (χ0n) is 11.9. The molecule has 0 amide bonds. The first-order valence-corrected chi connectivity index (χ1v) is 7.03. The molecule has 100 valence electrons. The van der Waals surface area contributed by atoms with Gasteiger partial charge >= 0.3 is 0 Å². The summed E-state index contributed by atoms with van der Waals surface area (Å²) in [5, 5.41) is 3.74. The molecule has 2 nitrogen and oxygen atoms in total. The Morgan fingerprint density at radius 1 is 1.44 bits per heavy atom. The van der Waals surface area contributed by atoms with E-state index in [2.05, 4.69) is 50.4 Å². The molecule has 2 heteroatoms. The standard InChI is InChI=1S/C16H26N2/c1-12-5-4-6-13(9-12)15(11-17)18-14-7-8-16(2,3)10-14/h4-6,9,14-15,18H,7-8,10-11,17H2,1-3H3. The smallest absolute Gasteiger partial charge is 0.0446 e. The zero-order valence-corrected chi connectivity index (χ0v) is 11.9. The lowest BCUT2D eigenvalue weighted by Crippen LogP contribution is -2.35. The van der Waals surface area contributed by atoms with Crippen LogP contribution >= 0.6 is 0 Å². The zero-order chi connectivity index (χ0) is 13.2. The van der Waals surface area contributed by atoms with Crippen molar-refractivity contribution in [3.05, 3.63) is 35.4 Å². The van der Waals surface area contributed by atoms with Gasteiger partial charge in [0.15, 0.2) is 0 Å². The van der Waals surface area contributed by atoms with Gasteiger partial charge in [-0.3, -0.25) is 0 Å². The van der Waals surface area contributed by atoms with Crippen LogP contribution in [0.4, 0.5) is 0 Å². The number of rotatable bonds is 4. The Bertz CT molecular complexity index is 398. The summed E-state index contributed by atoms with van der Waals surface area (Å²) in [6.07, 6.45) is 3.85. The molecule has 18 heavy (non-hydrogen) atoms. The number of hydrogen-bond donors (Lipinski definition) is 2. The summed E-state index contributed by atoms with van der Waals surface area (Å²) >= 11 is 0. The SMILES string of the molecule is Cc1cccc(C(CN)NC2CCC(C)(C)C2)c1. The minimum absolute atomic E-state index is 0.295. The van der Waals surface area contributed by atoms with E-state index in [1.165, 1.54) is 30.4 Å². The van der Waals surface area contributed by atoms with E-state index in [-0.39, 0.29) is 0 Å². The van der Waals surface area contributed by atoms with Crippen LogP contribution in [-0.2, 0) is 0 Å². The van der Waals surface area contributed by atoms with Crippen LogP contribution in [-0.4, -0.2) is 12.6 Å². The van der Waals surface area contributed by atoms with Gasteiger partial charge < -0.3 is 11.1 Å². The average molecular weight is 246 g/mol. The van der Waals surface area contributed by atoms with Crippen molar-refractivity contribution >= 4 is 0 Å². The monoisotopic (exact) mass is 246 g/mol. The maximum atomic E-state index is 5.94. The van der Waals surface area contributed by atoms with E-state index in [9.17, 15) is 0 Å². The van der Waals surface area contributed by atoms with E-state index in [4.69, 9.17) is 5.73 Å². The molecule has 1 saturated carbocycles. The Balaban J connectivity index is 2.02. The van der Waals surface area contributed by atoms with E-state index < -0.39 is 0 Å². The Kier molecular flexibility index (Phi) is 4.08. The lowest BCUT2D eigenvalue weighted by molar-refractivity contribution is 0.353. The number of hydrogen-bond acceptors (Lipinski definition) is 2. The highest BCUT2D eigenvalue weighted by Gasteiger charge is 2.31. The van der Waals surface area contributed by atoms with Gasteiger partial charge in [0, 0.05) is 18.6 Å². The van der Waals surface area contributed by atoms with Crippen LogP contribution in [0.1, 0.15) is 50.3 Å². The predicted molar refractivity (Wildman–Crippen MR) is 77.5 cm³/mol. The van der Waals surface area contributed by atoms with Crippen molar-refractivity contribution in [1.82, 2.24) is 5.32 Å². The normalized spacial score (nSPS) is 24.1. The first-order chi connectivity index (χ1) is 8.50. The Morgan fingerprint density at radius 2 is 2.22 bits per heavy atom. The van der Waals surface area contributed by atoms with Gasteiger partial charge in [-0.05, 0) is 37.2 Å². The molecule has 1 aliphatic rings. The number of aryl methyl sites for hydroxylation is 1. The molecule has 2 atom stereocenters. The topological polar surface area (TPSA) is 38.0 Å². The first kappa shape index (κ1) is 13.6. The molecular formula is C16H26N2. The van der Waals surface area contributed by atoms with Gasteiger partial charge in [-0.2, -0.15) is 0 Å². The van der Waals surface area contributed by atoms with Crippen molar-refractivity contribution in [2.45, 2.75) is 52.1 Å². The highest BCUT2D eigenvalue weighted by atomic mass is 15.0. The molecule has 2 rings (SSSR count). The van der Waals surface area contributed by atoms with Crippen LogP contribution in [0.5, 0.6) is 0 Å². The summed E-state index contributed by atoms with van der Waals surface area (Å²) in [6, 6.07) is 9.59. The third-order valence-corrected chi connectivity index (χ3v) is 4.09.